The Bertz CT molecular complexity index is 439. The zero-order chi connectivity index (χ0) is 8.39. The summed E-state index contributed by atoms with van der Waals surface area (Å²) in [5.41, 5.74) is 1.50. The quantitative estimate of drug-likeness (QED) is 0.636. The summed E-state index contributed by atoms with van der Waals surface area (Å²) in [6.07, 6.45) is 3.63. The van der Waals surface area contributed by atoms with E-state index >= 15 is 0 Å². The highest BCUT2D eigenvalue weighted by molar-refractivity contribution is 5.77. The van der Waals surface area contributed by atoms with Crippen LogP contribution in [0.2, 0.25) is 0 Å². The molecule has 0 amide bonds. The van der Waals surface area contributed by atoms with Crippen LogP contribution in [0.4, 0.5) is 0 Å². The average Bonchev–Trinajstić information content (AvgIpc) is 2.50. The molecule has 2 heterocycles. The van der Waals surface area contributed by atoms with Gasteiger partial charge in [0.1, 0.15) is 0 Å². The molecule has 0 aliphatic heterocycles. The van der Waals surface area contributed by atoms with Crippen LogP contribution in [-0.2, 0) is 6.42 Å². The summed E-state index contributed by atoms with van der Waals surface area (Å²) in [5, 5.41) is 9.42. The van der Waals surface area contributed by atoms with Crippen LogP contribution in [0.3, 0.4) is 0 Å². The summed E-state index contributed by atoms with van der Waals surface area (Å²) in [6.45, 7) is 0. The Hall–Kier alpha value is -1.82. The van der Waals surface area contributed by atoms with Gasteiger partial charge >= 0.3 is 0 Å². The van der Waals surface area contributed by atoms with Gasteiger partial charge in [-0.05, 0) is 12.1 Å². The first-order valence-corrected chi connectivity index (χ1v) is 3.60. The fourth-order valence-corrected chi connectivity index (χ4v) is 1.14. The third-order valence-electron chi connectivity index (χ3n) is 1.70. The van der Waals surface area contributed by atoms with Gasteiger partial charge in [0.2, 0.25) is 5.71 Å². The van der Waals surface area contributed by atoms with Gasteiger partial charge in [0.25, 0.3) is 0 Å². The molecule has 0 atom stereocenters. The molecule has 0 aliphatic rings. The van der Waals surface area contributed by atoms with Gasteiger partial charge < -0.3 is 4.42 Å². The third-order valence-corrected chi connectivity index (χ3v) is 1.70. The second-order valence-corrected chi connectivity index (χ2v) is 2.45. The highest BCUT2D eigenvalue weighted by Gasteiger charge is 2.03. The highest BCUT2D eigenvalue weighted by Crippen LogP contribution is 2.18. The summed E-state index contributed by atoms with van der Waals surface area (Å²) >= 11 is 0. The second-order valence-electron chi connectivity index (χ2n) is 2.45. The number of hydrogen-bond donors (Lipinski definition) is 0. The van der Waals surface area contributed by atoms with Crippen LogP contribution in [0.15, 0.2) is 29.0 Å². The molecule has 58 valence electrons. The molecule has 0 bridgehead atoms. The van der Waals surface area contributed by atoms with E-state index in [2.05, 4.69) is 11.1 Å². The largest absolute Gasteiger partial charge is 0.446 e. The molecule has 3 heteroatoms. The van der Waals surface area contributed by atoms with Gasteiger partial charge in [-0.15, -0.1) is 0 Å². The standard InChI is InChI=1S/C9H6N2O/c10-4-3-7-6-12-9-8(7)2-1-5-11-9/h1-2,5-6H,3H2. The van der Waals surface area contributed by atoms with Gasteiger partial charge in [-0.1, -0.05) is 0 Å². The molecular formula is C9H6N2O. The van der Waals surface area contributed by atoms with E-state index in [1.807, 2.05) is 12.1 Å². The number of nitriles is 1. The van der Waals surface area contributed by atoms with Gasteiger partial charge in [0, 0.05) is 17.1 Å². The molecule has 2 rings (SSSR count). The van der Waals surface area contributed by atoms with Crippen molar-refractivity contribution >= 4 is 11.1 Å². The molecule has 0 spiro atoms. The van der Waals surface area contributed by atoms with Crippen molar-refractivity contribution in [2.45, 2.75) is 6.42 Å². The van der Waals surface area contributed by atoms with E-state index in [1.54, 1.807) is 12.5 Å². The van der Waals surface area contributed by atoms with Crippen LogP contribution in [-0.4, -0.2) is 4.98 Å². The molecule has 2 aromatic rings. The van der Waals surface area contributed by atoms with Crippen molar-refractivity contribution in [3.05, 3.63) is 30.2 Å². The first-order valence-electron chi connectivity index (χ1n) is 3.60. The molecule has 12 heavy (non-hydrogen) atoms. The fraction of sp³-hybridized carbons (Fsp3) is 0.111. The van der Waals surface area contributed by atoms with Crippen LogP contribution in [0, 0.1) is 11.3 Å². The molecule has 0 fully saturated rings. The monoisotopic (exact) mass is 158 g/mol. The Morgan fingerprint density at radius 1 is 1.58 bits per heavy atom. The SMILES string of the molecule is N#CCc1coc2ncccc12. The molecule has 0 aliphatic carbocycles. The maximum atomic E-state index is 8.49. The molecule has 0 unspecified atom stereocenters. The van der Waals surface area contributed by atoms with Crippen molar-refractivity contribution in [1.29, 1.82) is 5.26 Å². The topological polar surface area (TPSA) is 49.8 Å². The van der Waals surface area contributed by atoms with Gasteiger partial charge in [-0.2, -0.15) is 5.26 Å². The summed E-state index contributed by atoms with van der Waals surface area (Å²) in [5.74, 6) is 0. The molecule has 0 radical (unpaired) electrons. The Morgan fingerprint density at radius 2 is 2.50 bits per heavy atom. The van der Waals surface area contributed by atoms with Gasteiger partial charge in [0.05, 0.1) is 18.8 Å². The maximum Gasteiger partial charge on any atom is 0.226 e. The summed E-state index contributed by atoms with van der Waals surface area (Å²) in [6, 6.07) is 5.81. The van der Waals surface area contributed by atoms with Crippen LogP contribution in [0.1, 0.15) is 5.56 Å². The summed E-state index contributed by atoms with van der Waals surface area (Å²) < 4.78 is 5.14. The smallest absolute Gasteiger partial charge is 0.226 e. The summed E-state index contributed by atoms with van der Waals surface area (Å²) in [7, 11) is 0. The van der Waals surface area contributed by atoms with E-state index in [4.69, 9.17) is 9.68 Å². The second kappa shape index (κ2) is 2.67. The zero-order valence-electron chi connectivity index (χ0n) is 6.32. The lowest BCUT2D eigenvalue weighted by Gasteiger charge is -1.86. The predicted molar refractivity (Wildman–Crippen MR) is 43.3 cm³/mol. The number of fused-ring (bicyclic) bond motifs is 1. The van der Waals surface area contributed by atoms with Crippen molar-refractivity contribution < 1.29 is 4.42 Å². The molecule has 0 N–H and O–H groups in total. The van der Waals surface area contributed by atoms with Crippen molar-refractivity contribution in [3.8, 4) is 6.07 Å². The minimum Gasteiger partial charge on any atom is -0.446 e. The van der Waals surface area contributed by atoms with Crippen molar-refractivity contribution in [2.75, 3.05) is 0 Å². The van der Waals surface area contributed by atoms with Gasteiger partial charge in [-0.3, -0.25) is 0 Å². The van der Waals surface area contributed by atoms with Crippen molar-refractivity contribution in [3.63, 3.8) is 0 Å². The molecular weight excluding hydrogens is 152 g/mol. The highest BCUT2D eigenvalue weighted by atomic mass is 16.3. The number of furan rings is 1. The van der Waals surface area contributed by atoms with E-state index < -0.39 is 0 Å². The van der Waals surface area contributed by atoms with E-state index in [-0.39, 0.29) is 0 Å². The predicted octanol–water partition coefficient (Wildman–Crippen LogP) is 1.89. The van der Waals surface area contributed by atoms with E-state index in [0.29, 0.717) is 12.1 Å². The number of pyridine rings is 1. The number of hydrogen-bond acceptors (Lipinski definition) is 3. The van der Waals surface area contributed by atoms with E-state index in [0.717, 1.165) is 10.9 Å². The lowest BCUT2D eigenvalue weighted by atomic mass is 10.2. The van der Waals surface area contributed by atoms with Crippen LogP contribution < -0.4 is 0 Å². The molecule has 3 nitrogen and oxygen atoms in total. The average molecular weight is 158 g/mol. The molecule has 0 aromatic carbocycles. The van der Waals surface area contributed by atoms with Crippen LogP contribution in [0.5, 0.6) is 0 Å². The molecule has 0 saturated heterocycles. The normalized spacial score (nSPS) is 9.92. The summed E-state index contributed by atoms with van der Waals surface area (Å²) in [4.78, 5) is 4.01. The Balaban J connectivity index is 2.64. The Kier molecular flexibility index (Phi) is 1.52. The van der Waals surface area contributed by atoms with Gasteiger partial charge in [-0.25, -0.2) is 4.98 Å². The first kappa shape index (κ1) is 6.86. The van der Waals surface area contributed by atoms with Crippen LogP contribution in [0.25, 0.3) is 11.1 Å². The minimum absolute atomic E-state index is 0.374. The Morgan fingerprint density at radius 3 is 3.33 bits per heavy atom. The zero-order valence-corrected chi connectivity index (χ0v) is 6.32. The third kappa shape index (κ3) is 0.940. The maximum absolute atomic E-state index is 8.49. The van der Waals surface area contributed by atoms with Crippen LogP contribution >= 0.6 is 0 Å². The number of rotatable bonds is 1. The number of aromatic nitrogens is 1. The molecule has 0 saturated carbocycles. The lowest BCUT2D eigenvalue weighted by Crippen LogP contribution is -1.77. The van der Waals surface area contributed by atoms with Crippen molar-refractivity contribution in [1.82, 2.24) is 4.98 Å². The van der Waals surface area contributed by atoms with E-state index in [1.165, 1.54) is 0 Å². The number of nitrogens with zero attached hydrogens (tertiary/aromatic N) is 2. The van der Waals surface area contributed by atoms with Gasteiger partial charge in [0.15, 0.2) is 0 Å². The van der Waals surface area contributed by atoms with Crippen molar-refractivity contribution in [2.24, 2.45) is 0 Å². The fourth-order valence-electron chi connectivity index (χ4n) is 1.14. The first-order chi connectivity index (χ1) is 5.92. The Labute approximate surface area is 69.2 Å². The lowest BCUT2D eigenvalue weighted by molar-refractivity contribution is 0.600. The van der Waals surface area contributed by atoms with E-state index in [9.17, 15) is 0 Å². The molecule has 2 aromatic heterocycles. The minimum atomic E-state index is 0.374.